The SMILES string of the molecule is COCOc1ccc(OC)cc1C(=O)c1c(F)cc(C(=O)O[C@@H]2CCCN(C(=O)OC(C)(C)C)C[C@H]2NC(=O)c2ccc(O)cc2)cc1F. The van der Waals surface area contributed by atoms with Crippen LogP contribution in [0.5, 0.6) is 17.2 Å². The molecule has 1 saturated heterocycles. The van der Waals surface area contributed by atoms with Crippen molar-refractivity contribution in [2.75, 3.05) is 34.1 Å². The van der Waals surface area contributed by atoms with Gasteiger partial charge in [0.05, 0.1) is 29.8 Å². The van der Waals surface area contributed by atoms with Gasteiger partial charge in [-0.25, -0.2) is 18.4 Å². The summed E-state index contributed by atoms with van der Waals surface area (Å²) in [5.74, 6) is -5.25. The molecule has 0 radical (unpaired) electrons. The third-order valence-corrected chi connectivity index (χ3v) is 7.41. The molecule has 12 nitrogen and oxygen atoms in total. The van der Waals surface area contributed by atoms with Crippen LogP contribution >= 0.6 is 0 Å². The minimum atomic E-state index is -1.33. The van der Waals surface area contributed by atoms with Crippen LogP contribution in [-0.4, -0.2) is 85.6 Å². The number of ether oxygens (including phenoxy) is 5. The van der Waals surface area contributed by atoms with Crippen LogP contribution in [0.15, 0.2) is 54.6 Å². The Labute approximate surface area is 281 Å². The van der Waals surface area contributed by atoms with Crippen molar-refractivity contribution >= 4 is 23.8 Å². The molecule has 0 aromatic heterocycles. The monoisotopic (exact) mass is 684 g/mol. The summed E-state index contributed by atoms with van der Waals surface area (Å²) in [6.45, 7) is 4.99. The number of phenols is 1. The molecular formula is C35H38F2N2O10. The highest BCUT2D eigenvalue weighted by atomic mass is 19.1. The summed E-state index contributed by atoms with van der Waals surface area (Å²) >= 11 is 0. The smallest absolute Gasteiger partial charge is 0.410 e. The Morgan fingerprint density at radius 3 is 2.24 bits per heavy atom. The molecule has 1 fully saturated rings. The molecule has 1 aliphatic rings. The molecule has 3 aromatic rings. The fourth-order valence-electron chi connectivity index (χ4n) is 5.08. The summed E-state index contributed by atoms with van der Waals surface area (Å²) in [6, 6.07) is 9.97. The number of aromatic hydroxyl groups is 1. The molecule has 49 heavy (non-hydrogen) atoms. The fourth-order valence-corrected chi connectivity index (χ4v) is 5.08. The number of nitrogens with zero attached hydrogens (tertiary/aromatic N) is 1. The van der Waals surface area contributed by atoms with E-state index >= 15 is 8.78 Å². The summed E-state index contributed by atoms with van der Waals surface area (Å²) in [5.41, 5.74) is -2.28. The van der Waals surface area contributed by atoms with E-state index in [1.165, 1.54) is 61.6 Å². The number of carbonyl (C=O) groups is 4. The van der Waals surface area contributed by atoms with Gasteiger partial charge < -0.3 is 39.0 Å². The van der Waals surface area contributed by atoms with Crippen molar-refractivity contribution in [3.63, 3.8) is 0 Å². The summed E-state index contributed by atoms with van der Waals surface area (Å²) in [7, 11) is 2.72. The average Bonchev–Trinajstić information content (AvgIpc) is 3.24. The average molecular weight is 685 g/mol. The molecule has 0 spiro atoms. The van der Waals surface area contributed by atoms with Gasteiger partial charge in [-0.1, -0.05) is 0 Å². The zero-order valence-electron chi connectivity index (χ0n) is 27.7. The van der Waals surface area contributed by atoms with E-state index in [2.05, 4.69) is 5.32 Å². The molecule has 0 unspecified atom stereocenters. The lowest BCUT2D eigenvalue weighted by Gasteiger charge is -2.30. The molecule has 2 atom stereocenters. The first-order valence-electron chi connectivity index (χ1n) is 15.3. The Hall–Kier alpha value is -5.24. The van der Waals surface area contributed by atoms with E-state index in [9.17, 15) is 24.3 Å². The highest BCUT2D eigenvalue weighted by molar-refractivity contribution is 6.11. The Balaban J connectivity index is 1.60. The standard InChI is InChI=1S/C35H38F2N2O10/c1-35(2,3)49-34(44)39-14-6-7-29(27(18-39)38-32(42)20-8-10-22(40)11-9-20)48-33(43)21-15-25(36)30(26(37)16-21)31(41)24-17-23(46-5)12-13-28(24)47-19-45-4/h8-13,15-17,27,29,40H,6-7,14,18-19H2,1-5H3,(H,38,42)/t27-,29-/m1/s1. The van der Waals surface area contributed by atoms with Gasteiger partial charge in [-0.3, -0.25) is 9.59 Å². The number of amides is 2. The minimum absolute atomic E-state index is 0.0101. The molecule has 0 bridgehead atoms. The second-order valence-electron chi connectivity index (χ2n) is 12.2. The van der Waals surface area contributed by atoms with Crippen molar-refractivity contribution in [3.05, 3.63) is 88.5 Å². The van der Waals surface area contributed by atoms with E-state index in [0.29, 0.717) is 18.6 Å². The van der Waals surface area contributed by atoms with Crippen LogP contribution in [-0.2, 0) is 14.2 Å². The second-order valence-corrected chi connectivity index (χ2v) is 12.2. The van der Waals surface area contributed by atoms with Crippen LogP contribution in [0.4, 0.5) is 13.6 Å². The topological polar surface area (TPSA) is 150 Å². The number of rotatable bonds is 10. The number of benzene rings is 3. The van der Waals surface area contributed by atoms with Crippen molar-refractivity contribution in [3.8, 4) is 17.2 Å². The molecule has 14 heteroatoms. The molecular weight excluding hydrogens is 646 g/mol. The number of carbonyl (C=O) groups excluding carboxylic acids is 4. The number of esters is 1. The van der Waals surface area contributed by atoms with Crippen LogP contribution in [0.3, 0.4) is 0 Å². The van der Waals surface area contributed by atoms with Gasteiger partial charge in [-0.2, -0.15) is 0 Å². The first-order valence-corrected chi connectivity index (χ1v) is 15.3. The van der Waals surface area contributed by atoms with Crippen LogP contribution < -0.4 is 14.8 Å². The summed E-state index contributed by atoms with van der Waals surface area (Å²) < 4.78 is 57.5. The maximum atomic E-state index is 15.5. The van der Waals surface area contributed by atoms with Gasteiger partial charge in [-0.05, 0) is 88.2 Å². The van der Waals surface area contributed by atoms with Gasteiger partial charge >= 0.3 is 12.1 Å². The maximum absolute atomic E-state index is 15.5. The minimum Gasteiger partial charge on any atom is -0.508 e. The Morgan fingerprint density at radius 1 is 0.959 bits per heavy atom. The lowest BCUT2D eigenvalue weighted by Crippen LogP contribution is -2.51. The van der Waals surface area contributed by atoms with Crippen molar-refractivity contribution < 1.29 is 56.7 Å². The van der Waals surface area contributed by atoms with Crippen LogP contribution in [0.1, 0.15) is 70.3 Å². The molecule has 0 aliphatic carbocycles. The summed E-state index contributed by atoms with van der Waals surface area (Å²) in [4.78, 5) is 54.2. The first kappa shape index (κ1) is 36.6. The number of phenolic OH excluding ortho intramolecular Hbond substituents is 1. The molecule has 3 aromatic carbocycles. The number of ketones is 1. The predicted molar refractivity (Wildman–Crippen MR) is 171 cm³/mol. The van der Waals surface area contributed by atoms with Gasteiger partial charge in [0, 0.05) is 25.8 Å². The zero-order valence-corrected chi connectivity index (χ0v) is 27.7. The normalized spacial score (nSPS) is 16.3. The van der Waals surface area contributed by atoms with E-state index in [-0.39, 0.29) is 54.7 Å². The molecule has 1 heterocycles. The van der Waals surface area contributed by atoms with E-state index in [0.717, 1.165) is 0 Å². The highest BCUT2D eigenvalue weighted by Crippen LogP contribution is 2.30. The first-order chi connectivity index (χ1) is 23.2. The Bertz CT molecular complexity index is 1670. The Kier molecular flexibility index (Phi) is 11.8. The molecule has 4 rings (SSSR count). The lowest BCUT2D eigenvalue weighted by atomic mass is 9.99. The van der Waals surface area contributed by atoms with E-state index in [4.69, 9.17) is 23.7 Å². The van der Waals surface area contributed by atoms with Crippen LogP contribution in [0.25, 0.3) is 0 Å². The fraction of sp³-hybridized carbons (Fsp3) is 0.371. The number of methoxy groups -OCH3 is 2. The third kappa shape index (κ3) is 9.44. The van der Waals surface area contributed by atoms with Crippen molar-refractivity contribution in [1.82, 2.24) is 10.2 Å². The largest absolute Gasteiger partial charge is 0.508 e. The van der Waals surface area contributed by atoms with Crippen molar-refractivity contribution in [2.45, 2.75) is 51.4 Å². The molecule has 2 amide bonds. The van der Waals surface area contributed by atoms with Crippen molar-refractivity contribution in [1.29, 1.82) is 0 Å². The van der Waals surface area contributed by atoms with E-state index in [1.54, 1.807) is 20.8 Å². The van der Waals surface area contributed by atoms with Gasteiger partial charge in [0.2, 0.25) is 5.78 Å². The second kappa shape index (κ2) is 15.8. The number of hydrogen-bond acceptors (Lipinski definition) is 10. The highest BCUT2D eigenvalue weighted by Gasteiger charge is 2.35. The molecule has 1 aliphatic heterocycles. The number of hydrogen-bond donors (Lipinski definition) is 2. The number of likely N-dealkylation sites (tertiary alicyclic amines) is 1. The third-order valence-electron chi connectivity index (χ3n) is 7.41. The number of halogens is 2. The van der Waals surface area contributed by atoms with Crippen LogP contribution in [0, 0.1) is 11.6 Å². The molecule has 0 saturated carbocycles. The summed E-state index contributed by atoms with van der Waals surface area (Å²) in [5, 5.41) is 12.4. The van der Waals surface area contributed by atoms with E-state index < -0.39 is 64.3 Å². The van der Waals surface area contributed by atoms with Crippen LogP contribution in [0.2, 0.25) is 0 Å². The summed E-state index contributed by atoms with van der Waals surface area (Å²) in [6.07, 6.45) is -1.16. The zero-order chi connectivity index (χ0) is 35.9. The van der Waals surface area contributed by atoms with Gasteiger partial charge in [-0.15, -0.1) is 0 Å². The van der Waals surface area contributed by atoms with Gasteiger partial charge in [0.25, 0.3) is 5.91 Å². The van der Waals surface area contributed by atoms with Gasteiger partial charge in [0.1, 0.15) is 40.6 Å². The number of nitrogens with one attached hydrogen (secondary N) is 1. The molecule has 262 valence electrons. The lowest BCUT2D eigenvalue weighted by molar-refractivity contribution is 0.0126. The molecule has 2 N–H and O–H groups in total. The van der Waals surface area contributed by atoms with Gasteiger partial charge in [0.15, 0.2) is 6.79 Å². The Morgan fingerprint density at radius 2 is 1.63 bits per heavy atom. The maximum Gasteiger partial charge on any atom is 0.410 e. The predicted octanol–water partition coefficient (Wildman–Crippen LogP) is 5.25. The van der Waals surface area contributed by atoms with Crippen molar-refractivity contribution in [2.24, 2.45) is 0 Å². The quantitative estimate of drug-likeness (QED) is 0.165. The van der Waals surface area contributed by atoms with E-state index in [1.807, 2.05) is 0 Å².